The maximum absolute atomic E-state index is 10.6. The third-order valence-electron chi connectivity index (χ3n) is 4.28. The van der Waals surface area contributed by atoms with Gasteiger partial charge in [0.15, 0.2) is 0 Å². The van der Waals surface area contributed by atoms with E-state index in [1.165, 1.54) is 12.8 Å². The predicted octanol–water partition coefficient (Wildman–Crippen LogP) is 2.20. The van der Waals surface area contributed by atoms with E-state index < -0.39 is 0 Å². The Morgan fingerprint density at radius 3 is 2.65 bits per heavy atom. The molecule has 0 saturated carbocycles. The lowest BCUT2D eigenvalue weighted by Crippen LogP contribution is -2.44. The summed E-state index contributed by atoms with van der Waals surface area (Å²) in [6.45, 7) is 5.10. The molecule has 2 N–H and O–H groups in total. The molecule has 2 unspecified atom stereocenters. The van der Waals surface area contributed by atoms with Crippen molar-refractivity contribution in [3.8, 4) is 0 Å². The first-order valence-corrected chi connectivity index (χ1v) is 7.27. The van der Waals surface area contributed by atoms with Crippen molar-refractivity contribution in [2.45, 2.75) is 32.2 Å². The van der Waals surface area contributed by atoms with Crippen molar-refractivity contribution in [1.29, 1.82) is 0 Å². The molecule has 0 aliphatic carbocycles. The molecular formula is C15H23N3O2. The van der Waals surface area contributed by atoms with Gasteiger partial charge in [0.25, 0.3) is 5.69 Å². The third kappa shape index (κ3) is 3.77. The first-order valence-electron chi connectivity index (χ1n) is 7.27. The number of likely N-dealkylation sites (tertiary alicyclic amines) is 1. The van der Waals surface area contributed by atoms with Crippen molar-refractivity contribution >= 4 is 5.69 Å². The van der Waals surface area contributed by atoms with E-state index in [-0.39, 0.29) is 10.6 Å². The lowest BCUT2D eigenvalue weighted by atomic mass is 9.93. The molecule has 0 bridgehead atoms. The van der Waals surface area contributed by atoms with Crippen molar-refractivity contribution < 1.29 is 4.92 Å². The van der Waals surface area contributed by atoms with E-state index in [1.54, 1.807) is 12.1 Å². The van der Waals surface area contributed by atoms with Crippen LogP contribution >= 0.6 is 0 Å². The van der Waals surface area contributed by atoms with Gasteiger partial charge < -0.3 is 10.6 Å². The van der Waals surface area contributed by atoms with E-state index in [1.807, 2.05) is 12.1 Å². The molecule has 1 aromatic rings. The molecule has 0 aromatic heterocycles. The van der Waals surface area contributed by atoms with Gasteiger partial charge in [-0.3, -0.25) is 10.1 Å². The summed E-state index contributed by atoms with van der Waals surface area (Å²) in [5.74, 6) is 0.614. The molecule has 1 aliphatic rings. The molecule has 5 nitrogen and oxygen atoms in total. The average molecular weight is 277 g/mol. The summed E-state index contributed by atoms with van der Waals surface area (Å²) < 4.78 is 0. The second-order valence-electron chi connectivity index (χ2n) is 5.70. The number of non-ortho nitro benzene ring substituents is 1. The van der Waals surface area contributed by atoms with Crippen molar-refractivity contribution in [3.63, 3.8) is 0 Å². The SMILES string of the molecule is CC1CCC(CN)CN1CCc1ccc([N+](=O)[O-])cc1. The summed E-state index contributed by atoms with van der Waals surface area (Å²) in [4.78, 5) is 12.7. The molecule has 20 heavy (non-hydrogen) atoms. The van der Waals surface area contributed by atoms with Crippen LogP contribution < -0.4 is 5.73 Å². The fraction of sp³-hybridized carbons (Fsp3) is 0.600. The van der Waals surface area contributed by atoms with Crippen molar-refractivity contribution in [2.24, 2.45) is 11.7 Å². The molecule has 5 heteroatoms. The van der Waals surface area contributed by atoms with E-state index >= 15 is 0 Å². The van der Waals surface area contributed by atoms with Crippen LogP contribution in [0.25, 0.3) is 0 Å². The standard InChI is InChI=1S/C15H23N3O2/c1-12-2-3-14(10-16)11-17(12)9-8-13-4-6-15(7-5-13)18(19)20/h4-7,12,14H,2-3,8-11,16H2,1H3. The number of hydrogen-bond donors (Lipinski definition) is 1. The second-order valence-corrected chi connectivity index (χ2v) is 5.70. The van der Waals surface area contributed by atoms with Gasteiger partial charge in [0.05, 0.1) is 4.92 Å². The summed E-state index contributed by atoms with van der Waals surface area (Å²) in [6.07, 6.45) is 3.37. The van der Waals surface area contributed by atoms with Crippen LogP contribution in [0.2, 0.25) is 0 Å². The van der Waals surface area contributed by atoms with E-state index in [2.05, 4.69) is 11.8 Å². The molecule has 0 amide bonds. The summed E-state index contributed by atoms with van der Waals surface area (Å²) in [7, 11) is 0. The summed E-state index contributed by atoms with van der Waals surface area (Å²) >= 11 is 0. The molecule has 110 valence electrons. The van der Waals surface area contributed by atoms with Gasteiger partial charge in [-0.1, -0.05) is 12.1 Å². The number of piperidine rings is 1. The molecule has 1 fully saturated rings. The number of rotatable bonds is 5. The molecule has 1 aromatic carbocycles. The Morgan fingerprint density at radius 1 is 1.35 bits per heavy atom. The fourth-order valence-electron chi connectivity index (χ4n) is 2.82. The quantitative estimate of drug-likeness (QED) is 0.661. The maximum Gasteiger partial charge on any atom is 0.269 e. The minimum Gasteiger partial charge on any atom is -0.330 e. The van der Waals surface area contributed by atoms with E-state index in [0.717, 1.165) is 31.6 Å². The van der Waals surface area contributed by atoms with Gasteiger partial charge in [-0.25, -0.2) is 0 Å². The molecule has 2 atom stereocenters. The monoisotopic (exact) mass is 277 g/mol. The Labute approximate surface area is 119 Å². The predicted molar refractivity (Wildman–Crippen MR) is 79.6 cm³/mol. The second kappa shape index (κ2) is 6.81. The van der Waals surface area contributed by atoms with Crippen LogP contribution in [0.3, 0.4) is 0 Å². The van der Waals surface area contributed by atoms with Gasteiger partial charge >= 0.3 is 0 Å². The molecule has 1 saturated heterocycles. The zero-order chi connectivity index (χ0) is 14.5. The Bertz CT molecular complexity index is 447. The normalized spacial score (nSPS) is 23.7. The number of nitro groups is 1. The minimum absolute atomic E-state index is 0.156. The molecule has 2 rings (SSSR count). The van der Waals surface area contributed by atoms with Crippen LogP contribution in [-0.2, 0) is 6.42 Å². The molecule has 1 heterocycles. The first-order chi connectivity index (χ1) is 9.60. The summed E-state index contributed by atoms with van der Waals surface area (Å²) in [5, 5.41) is 10.6. The number of benzene rings is 1. The van der Waals surface area contributed by atoms with Gasteiger partial charge in [0, 0.05) is 31.3 Å². The first kappa shape index (κ1) is 14.9. The Hall–Kier alpha value is -1.46. The third-order valence-corrected chi connectivity index (χ3v) is 4.28. The molecular weight excluding hydrogens is 254 g/mol. The fourth-order valence-corrected chi connectivity index (χ4v) is 2.82. The Morgan fingerprint density at radius 2 is 2.05 bits per heavy atom. The van der Waals surface area contributed by atoms with Gasteiger partial charge in [-0.05, 0) is 44.2 Å². The number of hydrogen-bond acceptors (Lipinski definition) is 4. The Balaban J connectivity index is 1.88. The van der Waals surface area contributed by atoms with Crippen molar-refractivity contribution in [2.75, 3.05) is 19.6 Å². The highest BCUT2D eigenvalue weighted by Crippen LogP contribution is 2.21. The van der Waals surface area contributed by atoms with Crippen LogP contribution in [0.1, 0.15) is 25.3 Å². The average Bonchev–Trinajstić information content (AvgIpc) is 2.47. The zero-order valence-electron chi connectivity index (χ0n) is 12.0. The van der Waals surface area contributed by atoms with Crippen LogP contribution in [0.4, 0.5) is 5.69 Å². The van der Waals surface area contributed by atoms with Crippen LogP contribution in [0.15, 0.2) is 24.3 Å². The zero-order valence-corrected chi connectivity index (χ0v) is 12.0. The van der Waals surface area contributed by atoms with Gasteiger partial charge in [0.1, 0.15) is 0 Å². The van der Waals surface area contributed by atoms with E-state index in [4.69, 9.17) is 5.73 Å². The minimum atomic E-state index is -0.359. The molecule has 1 aliphatic heterocycles. The van der Waals surface area contributed by atoms with Gasteiger partial charge in [-0.2, -0.15) is 0 Å². The van der Waals surface area contributed by atoms with Crippen LogP contribution in [-0.4, -0.2) is 35.5 Å². The lowest BCUT2D eigenvalue weighted by molar-refractivity contribution is -0.384. The summed E-state index contributed by atoms with van der Waals surface area (Å²) in [6, 6.07) is 7.48. The topological polar surface area (TPSA) is 72.4 Å². The van der Waals surface area contributed by atoms with Gasteiger partial charge in [0.2, 0.25) is 0 Å². The number of nitrogens with zero attached hydrogens (tertiary/aromatic N) is 2. The van der Waals surface area contributed by atoms with E-state index in [0.29, 0.717) is 12.0 Å². The highest BCUT2D eigenvalue weighted by molar-refractivity contribution is 5.32. The van der Waals surface area contributed by atoms with Crippen LogP contribution in [0, 0.1) is 16.0 Å². The van der Waals surface area contributed by atoms with Crippen LogP contribution in [0.5, 0.6) is 0 Å². The van der Waals surface area contributed by atoms with E-state index in [9.17, 15) is 10.1 Å². The Kier molecular flexibility index (Phi) is 5.09. The number of nitro benzene ring substituents is 1. The van der Waals surface area contributed by atoms with Crippen molar-refractivity contribution in [3.05, 3.63) is 39.9 Å². The molecule has 0 spiro atoms. The number of nitrogens with two attached hydrogens (primary N) is 1. The van der Waals surface area contributed by atoms with Gasteiger partial charge in [-0.15, -0.1) is 0 Å². The van der Waals surface area contributed by atoms with Crippen molar-refractivity contribution in [1.82, 2.24) is 4.90 Å². The summed E-state index contributed by atoms with van der Waals surface area (Å²) in [5.41, 5.74) is 7.08. The smallest absolute Gasteiger partial charge is 0.269 e. The maximum atomic E-state index is 10.6. The molecule has 0 radical (unpaired) electrons. The highest BCUT2D eigenvalue weighted by Gasteiger charge is 2.24. The largest absolute Gasteiger partial charge is 0.330 e. The highest BCUT2D eigenvalue weighted by atomic mass is 16.6. The lowest BCUT2D eigenvalue weighted by Gasteiger charge is -2.37.